The molecule has 1 N–H and O–H groups in total. The molecule has 8 heteroatoms. The Labute approximate surface area is 174 Å². The van der Waals surface area contributed by atoms with Gasteiger partial charge < -0.3 is 14.6 Å². The smallest absolute Gasteiger partial charge is 0.244 e. The molecular weight excluding hydrogens is 404 g/mol. The predicted molar refractivity (Wildman–Crippen MR) is 112 cm³/mol. The molecule has 1 aliphatic rings. The molecular formula is C22H20N2O5S. The molecule has 0 saturated heterocycles. The van der Waals surface area contributed by atoms with Crippen LogP contribution in [0.5, 0.6) is 0 Å². The summed E-state index contributed by atoms with van der Waals surface area (Å²) in [5.74, 6) is -0.685. The predicted octanol–water partition coefficient (Wildman–Crippen LogP) is 3.48. The molecule has 0 bridgehead atoms. The number of nitrogens with zero attached hydrogens (tertiary/aromatic N) is 1. The minimum absolute atomic E-state index is 0.000872. The summed E-state index contributed by atoms with van der Waals surface area (Å²) in [6.07, 6.45) is 1.06. The lowest BCUT2D eigenvalue weighted by Crippen LogP contribution is -2.38. The highest BCUT2D eigenvalue weighted by Crippen LogP contribution is 2.40. The van der Waals surface area contributed by atoms with Crippen LogP contribution in [0.25, 0.3) is 0 Å². The first kappa shape index (κ1) is 19.9. The maximum absolute atomic E-state index is 13.3. The SMILES string of the molecule is Cc1ccccc1NC(=O)CN1C(=O)CC(c2ccco2)S(=O)(=O)c2ccccc21. The molecule has 3 aromatic rings. The van der Waals surface area contributed by atoms with Crippen LogP contribution in [0.1, 0.15) is 23.0 Å². The van der Waals surface area contributed by atoms with Gasteiger partial charge in [-0.05, 0) is 42.8 Å². The number of anilines is 2. The number of furan rings is 1. The number of fused-ring (bicyclic) bond motifs is 1. The van der Waals surface area contributed by atoms with E-state index in [0.717, 1.165) is 5.56 Å². The number of sulfone groups is 1. The number of rotatable bonds is 4. The minimum atomic E-state index is -3.90. The summed E-state index contributed by atoms with van der Waals surface area (Å²) in [6, 6.07) is 16.6. The van der Waals surface area contributed by atoms with Gasteiger partial charge in [-0.25, -0.2) is 8.42 Å². The van der Waals surface area contributed by atoms with Gasteiger partial charge in [0.05, 0.1) is 23.3 Å². The van der Waals surface area contributed by atoms with Crippen LogP contribution in [0.2, 0.25) is 0 Å². The van der Waals surface area contributed by atoms with E-state index in [1.54, 1.807) is 36.4 Å². The monoisotopic (exact) mass is 424 g/mol. The summed E-state index contributed by atoms with van der Waals surface area (Å²) in [4.78, 5) is 27.0. The molecule has 0 fully saturated rings. The van der Waals surface area contributed by atoms with Crippen molar-refractivity contribution in [1.82, 2.24) is 0 Å². The highest BCUT2D eigenvalue weighted by Gasteiger charge is 2.41. The number of amides is 2. The first-order valence-corrected chi connectivity index (χ1v) is 10.9. The zero-order valence-corrected chi connectivity index (χ0v) is 17.1. The standard InChI is InChI=1S/C22H20N2O5S/c1-15-7-2-3-8-16(15)23-21(25)14-24-17-9-4-5-11-19(17)30(27,28)20(13-22(24)26)18-10-6-12-29-18/h2-12,20H,13-14H2,1H3,(H,23,25). The van der Waals surface area contributed by atoms with Gasteiger partial charge in [0.15, 0.2) is 9.84 Å². The second kappa shape index (κ2) is 7.79. The van der Waals surface area contributed by atoms with Gasteiger partial charge in [-0.1, -0.05) is 30.3 Å². The molecule has 4 rings (SSSR count). The average molecular weight is 424 g/mol. The molecule has 1 atom stereocenters. The third kappa shape index (κ3) is 3.61. The van der Waals surface area contributed by atoms with E-state index in [2.05, 4.69) is 5.32 Å². The lowest BCUT2D eigenvalue weighted by molar-refractivity contribution is -0.121. The van der Waals surface area contributed by atoms with Crippen LogP contribution >= 0.6 is 0 Å². The Hall–Kier alpha value is -3.39. The maximum atomic E-state index is 13.3. The van der Waals surface area contributed by atoms with E-state index in [9.17, 15) is 18.0 Å². The van der Waals surface area contributed by atoms with Crippen molar-refractivity contribution in [1.29, 1.82) is 0 Å². The third-order valence-electron chi connectivity index (χ3n) is 5.08. The molecule has 2 aromatic carbocycles. The Morgan fingerprint density at radius 3 is 2.57 bits per heavy atom. The molecule has 1 aromatic heterocycles. The number of benzene rings is 2. The van der Waals surface area contributed by atoms with Gasteiger partial charge in [0.25, 0.3) is 0 Å². The van der Waals surface area contributed by atoms with Crippen LogP contribution in [-0.2, 0) is 19.4 Å². The third-order valence-corrected chi connectivity index (χ3v) is 7.19. The van der Waals surface area contributed by atoms with Crippen LogP contribution in [0.3, 0.4) is 0 Å². The molecule has 0 saturated carbocycles. The molecule has 0 spiro atoms. The minimum Gasteiger partial charge on any atom is -0.468 e. The van der Waals surface area contributed by atoms with E-state index >= 15 is 0 Å². The summed E-state index contributed by atoms with van der Waals surface area (Å²) < 4.78 is 31.9. The quantitative estimate of drug-likeness (QED) is 0.692. The Kier molecular flexibility index (Phi) is 5.17. The zero-order valence-electron chi connectivity index (χ0n) is 16.2. The number of aryl methyl sites for hydroxylation is 1. The molecule has 2 heterocycles. The summed E-state index contributed by atoms with van der Waals surface area (Å²) >= 11 is 0. The van der Waals surface area contributed by atoms with Crippen molar-refractivity contribution >= 4 is 33.0 Å². The van der Waals surface area contributed by atoms with E-state index in [1.165, 1.54) is 23.3 Å². The fraction of sp³-hybridized carbons (Fsp3) is 0.182. The maximum Gasteiger partial charge on any atom is 0.244 e. The van der Waals surface area contributed by atoms with Gasteiger partial charge in [0, 0.05) is 5.69 Å². The van der Waals surface area contributed by atoms with Crippen LogP contribution in [0.15, 0.2) is 76.2 Å². The average Bonchev–Trinajstić information content (AvgIpc) is 3.23. The van der Waals surface area contributed by atoms with Gasteiger partial charge in [0.1, 0.15) is 17.6 Å². The number of nitrogens with one attached hydrogen (secondary N) is 1. The van der Waals surface area contributed by atoms with E-state index in [-0.39, 0.29) is 29.3 Å². The summed E-state index contributed by atoms with van der Waals surface area (Å²) in [5.41, 5.74) is 1.71. The Morgan fingerprint density at radius 1 is 1.10 bits per heavy atom. The lowest BCUT2D eigenvalue weighted by Gasteiger charge is -2.22. The van der Waals surface area contributed by atoms with Crippen LogP contribution in [0, 0.1) is 6.92 Å². The number of carbonyl (C=O) groups excluding carboxylic acids is 2. The Bertz CT molecular complexity index is 1200. The molecule has 0 aliphatic carbocycles. The molecule has 1 unspecified atom stereocenters. The topological polar surface area (TPSA) is 96.7 Å². The van der Waals surface area contributed by atoms with Crippen molar-refractivity contribution in [2.24, 2.45) is 0 Å². The Balaban J connectivity index is 1.70. The normalized spacial score (nSPS) is 17.8. The van der Waals surface area contributed by atoms with E-state index in [4.69, 9.17) is 4.42 Å². The van der Waals surface area contributed by atoms with Gasteiger partial charge >= 0.3 is 0 Å². The van der Waals surface area contributed by atoms with Crippen molar-refractivity contribution in [2.45, 2.75) is 23.5 Å². The summed E-state index contributed by atoms with van der Waals surface area (Å²) in [6.45, 7) is 1.56. The number of carbonyl (C=O) groups is 2. The second-order valence-electron chi connectivity index (χ2n) is 7.06. The van der Waals surface area contributed by atoms with Gasteiger partial charge in [-0.2, -0.15) is 0 Å². The first-order valence-electron chi connectivity index (χ1n) is 9.40. The van der Waals surface area contributed by atoms with Crippen molar-refractivity contribution in [3.8, 4) is 0 Å². The number of para-hydroxylation sites is 2. The first-order chi connectivity index (χ1) is 14.4. The number of hydrogen-bond donors (Lipinski definition) is 1. The highest BCUT2D eigenvalue weighted by atomic mass is 32.2. The van der Waals surface area contributed by atoms with E-state index < -0.39 is 26.9 Å². The van der Waals surface area contributed by atoms with Crippen LogP contribution in [0.4, 0.5) is 11.4 Å². The van der Waals surface area contributed by atoms with Crippen molar-refractivity contribution in [2.75, 3.05) is 16.8 Å². The fourth-order valence-electron chi connectivity index (χ4n) is 3.53. The molecule has 30 heavy (non-hydrogen) atoms. The molecule has 154 valence electrons. The van der Waals surface area contributed by atoms with E-state index in [1.807, 2.05) is 19.1 Å². The lowest BCUT2D eigenvalue weighted by atomic mass is 10.2. The van der Waals surface area contributed by atoms with Crippen LogP contribution < -0.4 is 10.2 Å². The van der Waals surface area contributed by atoms with Gasteiger partial charge in [-0.15, -0.1) is 0 Å². The second-order valence-corrected chi connectivity index (χ2v) is 9.16. The fourth-order valence-corrected chi connectivity index (χ4v) is 5.38. The van der Waals surface area contributed by atoms with Crippen molar-refractivity contribution < 1.29 is 22.4 Å². The molecule has 7 nitrogen and oxygen atoms in total. The van der Waals surface area contributed by atoms with Crippen molar-refractivity contribution in [3.63, 3.8) is 0 Å². The van der Waals surface area contributed by atoms with Gasteiger partial charge in [0.2, 0.25) is 11.8 Å². The molecule has 0 radical (unpaired) electrons. The van der Waals surface area contributed by atoms with Crippen molar-refractivity contribution in [3.05, 3.63) is 78.3 Å². The number of hydrogen-bond acceptors (Lipinski definition) is 5. The molecule has 2 amide bonds. The van der Waals surface area contributed by atoms with E-state index in [0.29, 0.717) is 5.69 Å². The largest absolute Gasteiger partial charge is 0.468 e. The summed E-state index contributed by atoms with van der Waals surface area (Å²) in [7, 11) is -3.90. The summed E-state index contributed by atoms with van der Waals surface area (Å²) in [5, 5.41) is 1.64. The Morgan fingerprint density at radius 2 is 1.83 bits per heavy atom. The highest BCUT2D eigenvalue weighted by molar-refractivity contribution is 7.91. The van der Waals surface area contributed by atoms with Crippen LogP contribution in [-0.4, -0.2) is 26.8 Å². The zero-order chi connectivity index (χ0) is 21.3. The van der Waals surface area contributed by atoms with Gasteiger partial charge in [-0.3, -0.25) is 9.59 Å². The molecule has 1 aliphatic heterocycles.